The molecule has 4 heteroatoms. The maximum absolute atomic E-state index is 11.3. The summed E-state index contributed by atoms with van der Waals surface area (Å²) in [4.78, 5) is 11.3. The zero-order valence-corrected chi connectivity index (χ0v) is 10.0. The molecule has 2 heterocycles. The summed E-state index contributed by atoms with van der Waals surface area (Å²) in [7, 11) is 0. The van der Waals surface area contributed by atoms with Crippen molar-refractivity contribution >= 4 is 11.6 Å². The van der Waals surface area contributed by atoms with Gasteiger partial charge in [0.15, 0.2) is 6.61 Å². The Hall–Kier alpha value is -1.55. The van der Waals surface area contributed by atoms with Crippen molar-refractivity contribution < 1.29 is 9.53 Å². The molecule has 1 atom stereocenters. The summed E-state index contributed by atoms with van der Waals surface area (Å²) in [6, 6.07) is 6.06. The number of fused-ring (bicyclic) bond motifs is 1. The third-order valence-corrected chi connectivity index (χ3v) is 3.67. The molecule has 4 nitrogen and oxygen atoms in total. The molecule has 2 N–H and O–H groups in total. The van der Waals surface area contributed by atoms with Crippen molar-refractivity contribution in [3.8, 4) is 5.75 Å². The van der Waals surface area contributed by atoms with Crippen LogP contribution in [0.4, 0.5) is 5.69 Å². The Morgan fingerprint density at radius 2 is 2.24 bits per heavy atom. The second-order valence-corrected chi connectivity index (χ2v) is 5.25. The van der Waals surface area contributed by atoms with Gasteiger partial charge in [-0.05, 0) is 31.5 Å². The lowest BCUT2D eigenvalue weighted by atomic mass is 9.75. The van der Waals surface area contributed by atoms with E-state index in [0.717, 1.165) is 18.0 Å². The summed E-state index contributed by atoms with van der Waals surface area (Å²) in [6.07, 6.45) is 0. The van der Waals surface area contributed by atoms with Gasteiger partial charge >= 0.3 is 0 Å². The molecule has 0 bridgehead atoms. The standard InChI is InChI=1S/C13H16N2O2/c1-13(2)9(6-14-13)8-3-4-11-10(5-8)15-12(16)7-17-11/h3-5,9,14H,6-7H2,1-2H3,(H,15,16). The zero-order valence-electron chi connectivity index (χ0n) is 10.0. The molecule has 1 unspecified atom stereocenters. The zero-order chi connectivity index (χ0) is 12.0. The Morgan fingerprint density at radius 1 is 1.41 bits per heavy atom. The molecule has 17 heavy (non-hydrogen) atoms. The normalized spacial score (nSPS) is 25.3. The van der Waals surface area contributed by atoms with Crippen molar-refractivity contribution in [3.63, 3.8) is 0 Å². The first-order chi connectivity index (χ1) is 8.06. The number of rotatable bonds is 1. The smallest absolute Gasteiger partial charge is 0.262 e. The fourth-order valence-electron chi connectivity index (χ4n) is 2.46. The predicted octanol–water partition coefficient (Wildman–Crippen LogP) is 1.48. The van der Waals surface area contributed by atoms with E-state index in [9.17, 15) is 4.79 Å². The number of hydrogen-bond donors (Lipinski definition) is 2. The molecule has 0 aliphatic carbocycles. The maximum Gasteiger partial charge on any atom is 0.262 e. The highest BCUT2D eigenvalue weighted by Crippen LogP contribution is 2.38. The molecule has 2 aliphatic heterocycles. The van der Waals surface area contributed by atoms with Crippen molar-refractivity contribution in [2.45, 2.75) is 25.3 Å². The lowest BCUT2D eigenvalue weighted by Gasteiger charge is -2.46. The summed E-state index contributed by atoms with van der Waals surface area (Å²) < 4.78 is 5.35. The molecule has 0 aromatic heterocycles. The summed E-state index contributed by atoms with van der Waals surface area (Å²) in [6.45, 7) is 5.48. The number of hydrogen-bond acceptors (Lipinski definition) is 3. The van der Waals surface area contributed by atoms with Crippen LogP contribution in [0.1, 0.15) is 25.3 Å². The van der Waals surface area contributed by atoms with E-state index in [2.05, 4.69) is 30.5 Å². The van der Waals surface area contributed by atoms with Crippen molar-refractivity contribution in [2.75, 3.05) is 18.5 Å². The van der Waals surface area contributed by atoms with Crippen LogP contribution in [0, 0.1) is 0 Å². The molecule has 90 valence electrons. The minimum Gasteiger partial charge on any atom is -0.482 e. The number of carbonyl (C=O) groups excluding carboxylic acids is 1. The third kappa shape index (κ3) is 1.69. The molecular weight excluding hydrogens is 216 g/mol. The highest BCUT2D eigenvalue weighted by Gasteiger charge is 2.39. The monoisotopic (exact) mass is 232 g/mol. The van der Waals surface area contributed by atoms with Crippen molar-refractivity contribution in [3.05, 3.63) is 23.8 Å². The van der Waals surface area contributed by atoms with E-state index < -0.39 is 0 Å². The first-order valence-electron chi connectivity index (χ1n) is 5.88. The highest BCUT2D eigenvalue weighted by atomic mass is 16.5. The Morgan fingerprint density at radius 3 is 2.88 bits per heavy atom. The van der Waals surface area contributed by atoms with E-state index in [-0.39, 0.29) is 18.1 Å². The van der Waals surface area contributed by atoms with Gasteiger partial charge in [0.25, 0.3) is 5.91 Å². The van der Waals surface area contributed by atoms with Crippen LogP contribution >= 0.6 is 0 Å². The number of benzene rings is 1. The first kappa shape index (κ1) is 10.6. The number of amides is 1. The van der Waals surface area contributed by atoms with Gasteiger partial charge in [-0.15, -0.1) is 0 Å². The number of carbonyl (C=O) groups is 1. The summed E-state index contributed by atoms with van der Waals surface area (Å²) in [5, 5.41) is 6.25. The third-order valence-electron chi connectivity index (χ3n) is 3.67. The molecule has 1 amide bonds. The van der Waals surface area contributed by atoms with Crippen LogP contribution in [0.15, 0.2) is 18.2 Å². The molecule has 1 aromatic rings. The Balaban J connectivity index is 1.93. The van der Waals surface area contributed by atoms with Crippen molar-refractivity contribution in [1.82, 2.24) is 5.32 Å². The molecule has 1 fully saturated rings. The predicted molar refractivity (Wildman–Crippen MR) is 65.4 cm³/mol. The molecule has 1 saturated heterocycles. The number of ether oxygens (including phenoxy) is 1. The molecule has 2 aliphatic rings. The average Bonchev–Trinajstić information content (AvgIpc) is 2.27. The molecule has 3 rings (SSSR count). The Kier molecular flexibility index (Phi) is 2.16. The van der Waals surface area contributed by atoms with Gasteiger partial charge in [0.1, 0.15) is 5.75 Å². The van der Waals surface area contributed by atoms with Crippen LogP contribution in [0.2, 0.25) is 0 Å². The van der Waals surface area contributed by atoms with E-state index in [1.165, 1.54) is 5.56 Å². The van der Waals surface area contributed by atoms with Gasteiger partial charge in [-0.2, -0.15) is 0 Å². The van der Waals surface area contributed by atoms with E-state index in [1.54, 1.807) is 0 Å². The second kappa shape index (κ2) is 3.47. The Labute approximate surface area is 100 Å². The van der Waals surface area contributed by atoms with Gasteiger partial charge in [0.2, 0.25) is 0 Å². The molecule has 1 aromatic carbocycles. The van der Waals surface area contributed by atoms with E-state index in [0.29, 0.717) is 5.92 Å². The number of anilines is 1. The van der Waals surface area contributed by atoms with E-state index in [1.807, 2.05) is 12.1 Å². The number of nitrogens with one attached hydrogen (secondary N) is 2. The quantitative estimate of drug-likeness (QED) is 0.771. The minimum atomic E-state index is -0.0827. The maximum atomic E-state index is 11.3. The van der Waals surface area contributed by atoms with Gasteiger partial charge in [0, 0.05) is 18.0 Å². The second-order valence-electron chi connectivity index (χ2n) is 5.25. The van der Waals surface area contributed by atoms with Crippen LogP contribution < -0.4 is 15.4 Å². The molecular formula is C13H16N2O2. The summed E-state index contributed by atoms with van der Waals surface area (Å²) in [5.74, 6) is 1.17. The van der Waals surface area contributed by atoms with Crippen LogP contribution in [-0.2, 0) is 4.79 Å². The summed E-state index contributed by atoms with van der Waals surface area (Å²) >= 11 is 0. The highest BCUT2D eigenvalue weighted by molar-refractivity contribution is 5.95. The topological polar surface area (TPSA) is 50.4 Å². The lowest BCUT2D eigenvalue weighted by Crippen LogP contribution is -2.59. The van der Waals surface area contributed by atoms with Crippen LogP contribution in [0.5, 0.6) is 5.75 Å². The fourth-order valence-corrected chi connectivity index (χ4v) is 2.46. The van der Waals surface area contributed by atoms with E-state index in [4.69, 9.17) is 4.74 Å². The first-order valence-corrected chi connectivity index (χ1v) is 5.88. The lowest BCUT2D eigenvalue weighted by molar-refractivity contribution is -0.118. The average molecular weight is 232 g/mol. The summed E-state index contributed by atoms with van der Waals surface area (Å²) in [5.41, 5.74) is 2.17. The van der Waals surface area contributed by atoms with Gasteiger partial charge in [-0.25, -0.2) is 0 Å². The molecule has 0 saturated carbocycles. The molecule has 0 spiro atoms. The van der Waals surface area contributed by atoms with Crippen LogP contribution in [-0.4, -0.2) is 24.6 Å². The molecule has 0 radical (unpaired) electrons. The Bertz CT molecular complexity index is 482. The fraction of sp³-hybridized carbons (Fsp3) is 0.462. The van der Waals surface area contributed by atoms with Gasteiger partial charge in [-0.1, -0.05) is 6.07 Å². The van der Waals surface area contributed by atoms with Crippen LogP contribution in [0.3, 0.4) is 0 Å². The van der Waals surface area contributed by atoms with Crippen LogP contribution in [0.25, 0.3) is 0 Å². The van der Waals surface area contributed by atoms with Crippen molar-refractivity contribution in [2.24, 2.45) is 0 Å². The SMILES string of the molecule is CC1(C)NCC1c1ccc2c(c1)NC(=O)CO2. The van der Waals surface area contributed by atoms with Crippen molar-refractivity contribution in [1.29, 1.82) is 0 Å². The van der Waals surface area contributed by atoms with Gasteiger partial charge in [0.05, 0.1) is 5.69 Å². The van der Waals surface area contributed by atoms with Gasteiger partial charge in [-0.3, -0.25) is 4.79 Å². The minimum absolute atomic E-state index is 0.0827. The van der Waals surface area contributed by atoms with Gasteiger partial charge < -0.3 is 15.4 Å². The van der Waals surface area contributed by atoms with E-state index >= 15 is 0 Å². The largest absolute Gasteiger partial charge is 0.482 e.